The molecule has 0 bridgehead atoms. The first-order valence-electron chi connectivity index (χ1n) is 9.21. The number of nitrogens with one attached hydrogen (secondary N) is 3. The average molecular weight is 493 g/mol. The van der Waals surface area contributed by atoms with Gasteiger partial charge in [0.05, 0.1) is 4.90 Å². The molecule has 0 amide bonds. The van der Waals surface area contributed by atoms with Gasteiger partial charge in [-0.1, -0.05) is 18.1 Å². The van der Waals surface area contributed by atoms with Crippen LogP contribution in [0.25, 0.3) is 0 Å². The third kappa shape index (κ3) is 7.76. The summed E-state index contributed by atoms with van der Waals surface area (Å²) in [5.74, 6) is 0.907. The molecule has 0 fully saturated rings. The molecular weight excluding hydrogens is 475 g/mol. The number of benzene rings is 2. The molecule has 0 aliphatic carbocycles. The molecule has 1 aromatic heterocycles. The Labute approximate surface area is 193 Å². The number of sulfonamides is 1. The highest BCUT2D eigenvalue weighted by atomic mass is 32.2. The summed E-state index contributed by atoms with van der Waals surface area (Å²) in [6.45, 7) is 0. The maximum Gasteiger partial charge on any atom is 0.490 e. The van der Waals surface area contributed by atoms with Gasteiger partial charge >= 0.3 is 12.1 Å². The number of carboxylic acids is 1. The summed E-state index contributed by atoms with van der Waals surface area (Å²) in [7, 11) is -2.15. The van der Waals surface area contributed by atoms with E-state index in [-0.39, 0.29) is 4.90 Å². The van der Waals surface area contributed by atoms with Gasteiger partial charge in [0.15, 0.2) is 0 Å². The second-order valence-electron chi connectivity index (χ2n) is 6.30. The lowest BCUT2D eigenvalue weighted by Gasteiger charge is -2.10. The molecule has 9 nitrogen and oxygen atoms in total. The van der Waals surface area contributed by atoms with E-state index in [2.05, 4.69) is 31.2 Å². The van der Waals surface area contributed by atoms with Gasteiger partial charge in [-0.2, -0.15) is 13.2 Å². The quantitative estimate of drug-likeness (QED) is 0.384. The van der Waals surface area contributed by atoms with Crippen molar-refractivity contribution >= 4 is 39.0 Å². The molecule has 0 radical (unpaired) electrons. The number of nitrogens with zero attached hydrogens (tertiary/aromatic N) is 2. The highest BCUT2D eigenvalue weighted by molar-refractivity contribution is 7.89. The molecule has 13 heteroatoms. The lowest BCUT2D eigenvalue weighted by molar-refractivity contribution is -0.192. The van der Waals surface area contributed by atoms with Gasteiger partial charge in [0.1, 0.15) is 18.0 Å². The molecule has 0 aliphatic heterocycles. The SMILES string of the molecule is C#Cc1cccc(Nc2cc(Nc3cccc(S(=O)(=O)NC)c3)ncn2)c1.O=C(O)C(F)(F)F. The van der Waals surface area contributed by atoms with Gasteiger partial charge in [-0.3, -0.25) is 0 Å². The molecule has 3 aromatic rings. The third-order valence-corrected chi connectivity index (χ3v) is 5.31. The molecule has 0 saturated heterocycles. The standard InChI is InChI=1S/C19H17N5O2S.C2HF3O2/c1-3-14-6-4-7-15(10-14)23-18-12-19(22-13-21-18)24-16-8-5-9-17(11-16)27(25,26)20-2;3-2(4,5)1(6)7/h1,4-13,20H,2H3,(H2,21,22,23,24);(H,6,7). The average Bonchev–Trinajstić information content (AvgIpc) is 2.79. The normalized spacial score (nSPS) is 10.9. The number of anilines is 4. The molecule has 0 aliphatic rings. The highest BCUT2D eigenvalue weighted by Crippen LogP contribution is 2.21. The molecule has 0 atom stereocenters. The minimum atomic E-state index is -5.08. The summed E-state index contributed by atoms with van der Waals surface area (Å²) >= 11 is 0. The summed E-state index contributed by atoms with van der Waals surface area (Å²) in [6, 6.07) is 15.6. The lowest BCUT2D eigenvalue weighted by Crippen LogP contribution is -2.21. The van der Waals surface area contributed by atoms with Gasteiger partial charge < -0.3 is 15.7 Å². The van der Waals surface area contributed by atoms with E-state index < -0.39 is 22.2 Å². The lowest BCUT2D eigenvalue weighted by atomic mass is 10.2. The van der Waals surface area contributed by atoms with Crippen LogP contribution in [0.2, 0.25) is 0 Å². The number of rotatable bonds is 6. The molecule has 0 saturated carbocycles. The molecular formula is C21H18F3N5O4S. The van der Waals surface area contributed by atoms with Crippen molar-refractivity contribution in [3.05, 3.63) is 66.5 Å². The first kappa shape index (κ1) is 26.1. The fourth-order valence-electron chi connectivity index (χ4n) is 2.34. The second-order valence-corrected chi connectivity index (χ2v) is 8.19. The minimum absolute atomic E-state index is 0.161. The van der Waals surface area contributed by atoms with Crippen LogP contribution in [0.15, 0.2) is 65.8 Å². The number of aromatic nitrogens is 2. The molecule has 0 unspecified atom stereocenters. The van der Waals surface area contributed by atoms with Gasteiger partial charge in [-0.05, 0) is 43.4 Å². The van der Waals surface area contributed by atoms with Gasteiger partial charge in [-0.15, -0.1) is 6.42 Å². The van der Waals surface area contributed by atoms with Crippen LogP contribution in [0.5, 0.6) is 0 Å². The summed E-state index contributed by atoms with van der Waals surface area (Å²) in [4.78, 5) is 17.4. The number of halogens is 3. The monoisotopic (exact) mass is 493 g/mol. The van der Waals surface area contributed by atoms with Crippen molar-refractivity contribution in [1.82, 2.24) is 14.7 Å². The van der Waals surface area contributed by atoms with Gasteiger partial charge in [-0.25, -0.2) is 27.9 Å². The van der Waals surface area contributed by atoms with E-state index in [4.69, 9.17) is 16.3 Å². The van der Waals surface area contributed by atoms with Crippen LogP contribution in [0, 0.1) is 12.3 Å². The summed E-state index contributed by atoms with van der Waals surface area (Å²) in [5, 5.41) is 13.4. The Morgan fingerprint density at radius 3 is 2.03 bits per heavy atom. The van der Waals surface area contributed by atoms with Crippen LogP contribution in [-0.2, 0) is 14.8 Å². The first-order valence-corrected chi connectivity index (χ1v) is 10.7. The van der Waals surface area contributed by atoms with Crippen molar-refractivity contribution in [2.75, 3.05) is 17.7 Å². The zero-order valence-electron chi connectivity index (χ0n) is 17.5. The van der Waals surface area contributed by atoms with Crippen LogP contribution in [0.3, 0.4) is 0 Å². The van der Waals surface area contributed by atoms with Gasteiger partial charge in [0.25, 0.3) is 0 Å². The van der Waals surface area contributed by atoms with Crippen LogP contribution >= 0.6 is 0 Å². The number of alkyl halides is 3. The van der Waals surface area contributed by atoms with E-state index in [0.29, 0.717) is 17.3 Å². The molecule has 0 spiro atoms. The Hall–Kier alpha value is -4.15. The molecule has 34 heavy (non-hydrogen) atoms. The van der Waals surface area contributed by atoms with Gasteiger partial charge in [0.2, 0.25) is 10.0 Å². The van der Waals surface area contributed by atoms with Crippen LogP contribution in [0.1, 0.15) is 5.56 Å². The highest BCUT2D eigenvalue weighted by Gasteiger charge is 2.38. The van der Waals surface area contributed by atoms with Crippen molar-refractivity contribution in [2.24, 2.45) is 0 Å². The zero-order chi connectivity index (χ0) is 25.4. The van der Waals surface area contributed by atoms with E-state index in [1.54, 1.807) is 18.2 Å². The Balaban J connectivity index is 0.000000509. The fourth-order valence-corrected chi connectivity index (χ4v) is 3.11. The Morgan fingerprint density at radius 1 is 1.00 bits per heavy atom. The zero-order valence-corrected chi connectivity index (χ0v) is 18.3. The first-order chi connectivity index (χ1) is 15.9. The summed E-state index contributed by atoms with van der Waals surface area (Å²) in [6.07, 6.45) is 1.74. The molecule has 4 N–H and O–H groups in total. The van der Waals surface area contributed by atoms with Crippen molar-refractivity contribution in [2.45, 2.75) is 11.1 Å². The van der Waals surface area contributed by atoms with Crippen molar-refractivity contribution in [3.8, 4) is 12.3 Å². The number of carboxylic acid groups (broad SMARTS) is 1. The van der Waals surface area contributed by atoms with Crippen molar-refractivity contribution < 1.29 is 31.5 Å². The van der Waals surface area contributed by atoms with E-state index >= 15 is 0 Å². The Bertz CT molecular complexity index is 1310. The maximum absolute atomic E-state index is 11.9. The molecule has 3 rings (SSSR count). The number of hydrogen-bond donors (Lipinski definition) is 4. The van der Waals surface area contributed by atoms with Crippen molar-refractivity contribution in [1.29, 1.82) is 0 Å². The maximum atomic E-state index is 11.9. The third-order valence-electron chi connectivity index (χ3n) is 3.90. The molecule has 1 heterocycles. The van der Waals surface area contributed by atoms with E-state index in [1.807, 2.05) is 24.3 Å². The summed E-state index contributed by atoms with van der Waals surface area (Å²) in [5.41, 5.74) is 2.15. The van der Waals surface area contributed by atoms with E-state index in [0.717, 1.165) is 11.3 Å². The number of hydrogen-bond acceptors (Lipinski definition) is 7. The van der Waals surface area contributed by atoms with Crippen LogP contribution in [-0.4, -0.2) is 42.7 Å². The number of carbonyl (C=O) groups is 1. The Morgan fingerprint density at radius 2 is 1.53 bits per heavy atom. The predicted octanol–water partition coefficient (Wildman–Crippen LogP) is 3.49. The minimum Gasteiger partial charge on any atom is -0.475 e. The molecule has 178 valence electrons. The largest absolute Gasteiger partial charge is 0.490 e. The fraction of sp³-hybridized carbons (Fsp3) is 0.0952. The smallest absolute Gasteiger partial charge is 0.475 e. The number of terminal acetylenes is 1. The number of aliphatic carboxylic acids is 1. The van der Waals surface area contributed by atoms with Crippen molar-refractivity contribution in [3.63, 3.8) is 0 Å². The topological polar surface area (TPSA) is 133 Å². The van der Waals surface area contributed by atoms with E-state index in [9.17, 15) is 21.6 Å². The van der Waals surface area contributed by atoms with Gasteiger partial charge in [0, 0.05) is 23.0 Å². The Kier molecular flexibility index (Phi) is 8.54. The summed E-state index contributed by atoms with van der Waals surface area (Å²) < 4.78 is 57.9. The van der Waals surface area contributed by atoms with Crippen LogP contribution < -0.4 is 15.4 Å². The second kappa shape index (κ2) is 11.1. The molecule has 2 aromatic carbocycles. The van der Waals surface area contributed by atoms with E-state index in [1.165, 1.54) is 25.5 Å². The van der Waals surface area contributed by atoms with Crippen LogP contribution in [0.4, 0.5) is 36.2 Å². The predicted molar refractivity (Wildman–Crippen MR) is 119 cm³/mol.